The van der Waals surface area contributed by atoms with E-state index in [4.69, 9.17) is 5.73 Å². The normalized spacial score (nSPS) is 14.4. The number of rotatable bonds is 8. The molecule has 21 heavy (non-hydrogen) atoms. The molecule has 10 nitrogen and oxygen atoms in total. The first-order chi connectivity index (χ1) is 10.1. The van der Waals surface area contributed by atoms with Crippen LogP contribution in [0.15, 0.2) is 12.7 Å². The van der Waals surface area contributed by atoms with Crippen LogP contribution in [-0.2, 0) is 25.2 Å². The van der Waals surface area contributed by atoms with Gasteiger partial charge >= 0.3 is 8.25 Å². The van der Waals surface area contributed by atoms with Gasteiger partial charge in [0.25, 0.3) is 0 Å². The molecule has 2 heterocycles. The maximum absolute atomic E-state index is 10.8. The van der Waals surface area contributed by atoms with E-state index in [1.807, 2.05) is 0 Å². The number of fused-ring (bicyclic) bond motifs is 1. The first kappa shape index (κ1) is 15.8. The molecule has 2 rings (SSSR count). The molecule has 0 amide bonds. The number of aliphatic hydroxyl groups excluding tert-OH is 1. The summed E-state index contributed by atoms with van der Waals surface area (Å²) in [5, 5.41) is 9.91. The largest absolute Gasteiger partial charge is 0.391 e. The summed E-state index contributed by atoms with van der Waals surface area (Å²) >= 11 is 0. The number of aromatic nitrogens is 4. The van der Waals surface area contributed by atoms with E-state index in [0.717, 1.165) is 0 Å². The molecule has 0 radical (unpaired) electrons. The molecule has 0 spiro atoms. The molecule has 0 fully saturated rings. The molecule has 0 aliphatic carbocycles. The molecule has 0 saturated carbocycles. The zero-order valence-corrected chi connectivity index (χ0v) is 12.3. The van der Waals surface area contributed by atoms with Crippen LogP contribution in [0.5, 0.6) is 0 Å². The number of anilines is 1. The molecular formula is C10H16N5O5P. The van der Waals surface area contributed by atoms with Gasteiger partial charge in [-0.25, -0.2) is 19.8 Å². The predicted molar refractivity (Wildman–Crippen MR) is 73.4 cm³/mol. The fourth-order valence-electron chi connectivity index (χ4n) is 1.66. The van der Waals surface area contributed by atoms with Gasteiger partial charge in [0.1, 0.15) is 11.8 Å². The van der Waals surface area contributed by atoms with Crippen molar-refractivity contribution in [3.63, 3.8) is 0 Å². The summed E-state index contributed by atoms with van der Waals surface area (Å²) in [5.41, 5.74) is 6.71. The number of nitrogens with two attached hydrogens (primary N) is 1. The van der Waals surface area contributed by atoms with Crippen molar-refractivity contribution in [2.24, 2.45) is 0 Å². The van der Waals surface area contributed by atoms with Crippen LogP contribution in [-0.4, -0.2) is 44.4 Å². The summed E-state index contributed by atoms with van der Waals surface area (Å²) in [4.78, 5) is 16.7. The van der Waals surface area contributed by atoms with Crippen molar-refractivity contribution in [3.05, 3.63) is 12.7 Å². The Morgan fingerprint density at radius 3 is 3.05 bits per heavy atom. The molecule has 0 aliphatic rings. The minimum Gasteiger partial charge on any atom is -0.391 e. The molecular weight excluding hydrogens is 301 g/mol. The summed E-state index contributed by atoms with van der Waals surface area (Å²) in [6, 6.07) is 0. The van der Waals surface area contributed by atoms with Gasteiger partial charge < -0.3 is 19.9 Å². The van der Waals surface area contributed by atoms with Crippen molar-refractivity contribution in [3.8, 4) is 0 Å². The van der Waals surface area contributed by atoms with E-state index in [-0.39, 0.29) is 25.4 Å². The molecule has 2 aromatic rings. The highest BCUT2D eigenvalue weighted by atomic mass is 31.1. The molecule has 2 unspecified atom stereocenters. The minimum absolute atomic E-state index is 0.0741. The van der Waals surface area contributed by atoms with Gasteiger partial charge in [0, 0.05) is 13.5 Å². The minimum atomic E-state index is -2.61. The van der Waals surface area contributed by atoms with Crippen LogP contribution in [0.3, 0.4) is 0 Å². The predicted octanol–water partition coefficient (Wildman–Crippen LogP) is 0.144. The second kappa shape index (κ2) is 7.43. The topological polar surface area (TPSA) is 135 Å². The Bertz CT molecular complexity index is 621. The van der Waals surface area contributed by atoms with E-state index in [2.05, 4.69) is 29.0 Å². The van der Waals surface area contributed by atoms with Crippen molar-refractivity contribution >= 4 is 25.2 Å². The van der Waals surface area contributed by atoms with Crippen molar-refractivity contribution in [1.29, 1.82) is 0 Å². The number of hydrogen-bond donors (Lipinski definition) is 2. The SMILES string of the molecule is CO[PH](=O)OOCCC(O)Cn1cnc2c(N)ncnc21. The number of aliphatic hydroxyl groups is 1. The monoisotopic (exact) mass is 317 g/mol. The van der Waals surface area contributed by atoms with E-state index >= 15 is 0 Å². The van der Waals surface area contributed by atoms with Gasteiger partial charge in [-0.1, -0.05) is 0 Å². The van der Waals surface area contributed by atoms with Gasteiger partial charge in [0.15, 0.2) is 11.5 Å². The van der Waals surface area contributed by atoms with Gasteiger partial charge in [-0.15, -0.1) is 0 Å². The Kier molecular flexibility index (Phi) is 5.59. The lowest BCUT2D eigenvalue weighted by Crippen LogP contribution is -2.17. The zero-order valence-electron chi connectivity index (χ0n) is 11.3. The van der Waals surface area contributed by atoms with Crippen LogP contribution in [0, 0.1) is 0 Å². The van der Waals surface area contributed by atoms with Crippen LogP contribution in [0.4, 0.5) is 5.82 Å². The van der Waals surface area contributed by atoms with Crippen molar-refractivity contribution in [1.82, 2.24) is 19.5 Å². The fourth-order valence-corrected chi connectivity index (χ4v) is 1.91. The van der Waals surface area contributed by atoms with E-state index in [1.54, 1.807) is 4.57 Å². The van der Waals surface area contributed by atoms with Gasteiger partial charge in [-0.2, -0.15) is 4.67 Å². The smallest absolute Gasteiger partial charge is 0.346 e. The quantitative estimate of drug-likeness (QED) is 0.302. The summed E-state index contributed by atoms with van der Waals surface area (Å²) in [5.74, 6) is 0.287. The zero-order chi connectivity index (χ0) is 15.2. The molecule has 0 saturated heterocycles. The Labute approximate surface area is 120 Å². The van der Waals surface area contributed by atoms with Gasteiger partial charge in [-0.3, -0.25) is 4.57 Å². The Morgan fingerprint density at radius 2 is 2.29 bits per heavy atom. The van der Waals surface area contributed by atoms with E-state index in [9.17, 15) is 9.67 Å². The van der Waals surface area contributed by atoms with Crippen LogP contribution in [0.2, 0.25) is 0 Å². The second-order valence-electron chi connectivity index (χ2n) is 4.13. The molecule has 0 aromatic carbocycles. The van der Waals surface area contributed by atoms with Crippen LogP contribution < -0.4 is 5.73 Å². The molecule has 0 bridgehead atoms. The molecule has 2 aromatic heterocycles. The molecule has 3 N–H and O–H groups in total. The third kappa shape index (κ3) is 4.19. The summed E-state index contributed by atoms with van der Waals surface area (Å²) in [6.45, 7) is 0.334. The Balaban J connectivity index is 1.86. The van der Waals surface area contributed by atoms with Crippen molar-refractivity contribution in [2.45, 2.75) is 19.1 Å². The second-order valence-corrected chi connectivity index (χ2v) is 5.20. The lowest BCUT2D eigenvalue weighted by molar-refractivity contribution is -0.212. The highest BCUT2D eigenvalue weighted by Gasteiger charge is 2.12. The van der Waals surface area contributed by atoms with Crippen LogP contribution in [0.25, 0.3) is 11.2 Å². The highest BCUT2D eigenvalue weighted by Crippen LogP contribution is 2.22. The molecule has 0 aliphatic heterocycles. The van der Waals surface area contributed by atoms with Crippen molar-refractivity contribution < 1.29 is 23.8 Å². The number of imidazole rings is 1. The van der Waals surface area contributed by atoms with E-state index < -0.39 is 14.4 Å². The molecule has 116 valence electrons. The fraction of sp³-hybridized carbons (Fsp3) is 0.500. The molecule has 2 atom stereocenters. The van der Waals surface area contributed by atoms with Gasteiger partial charge in [0.05, 0.1) is 25.6 Å². The maximum Gasteiger partial charge on any atom is 0.346 e. The Morgan fingerprint density at radius 1 is 1.48 bits per heavy atom. The summed E-state index contributed by atoms with van der Waals surface area (Å²) in [6.07, 6.45) is 2.42. The lowest BCUT2D eigenvalue weighted by atomic mass is 10.2. The third-order valence-corrected chi connectivity index (χ3v) is 3.25. The number of nitrogen functional groups attached to an aromatic ring is 1. The van der Waals surface area contributed by atoms with E-state index in [0.29, 0.717) is 11.2 Å². The Hall–Kier alpha value is -1.58. The van der Waals surface area contributed by atoms with Gasteiger partial charge in [-0.05, 0) is 0 Å². The molecule has 11 heteroatoms. The lowest BCUT2D eigenvalue weighted by Gasteiger charge is -2.11. The average Bonchev–Trinajstić information content (AvgIpc) is 2.88. The average molecular weight is 317 g/mol. The van der Waals surface area contributed by atoms with Gasteiger partial charge in [0.2, 0.25) is 0 Å². The van der Waals surface area contributed by atoms with Crippen LogP contribution >= 0.6 is 8.25 Å². The van der Waals surface area contributed by atoms with Crippen molar-refractivity contribution in [2.75, 3.05) is 19.5 Å². The standard InChI is InChI=1S/C10H16N5O5P/c1-18-21(17)20-19-3-2-7(16)4-15-6-14-8-9(11)12-5-13-10(8)15/h5-7,16,21H,2-4H2,1H3,(H2,11,12,13). The first-order valence-corrected chi connectivity index (χ1v) is 7.31. The summed E-state index contributed by atoms with van der Waals surface area (Å²) in [7, 11) is -1.36. The third-order valence-electron chi connectivity index (χ3n) is 2.67. The van der Waals surface area contributed by atoms with E-state index in [1.165, 1.54) is 19.8 Å². The maximum atomic E-state index is 10.8. The first-order valence-electron chi connectivity index (χ1n) is 6.08. The van der Waals surface area contributed by atoms with Crippen LogP contribution in [0.1, 0.15) is 6.42 Å². The highest BCUT2D eigenvalue weighted by molar-refractivity contribution is 7.33. The number of nitrogens with zero attached hydrogens (tertiary/aromatic N) is 4. The summed E-state index contributed by atoms with van der Waals surface area (Å²) < 4.78 is 21.3. The number of hydrogen-bond acceptors (Lipinski definition) is 9.